The molecular formula is C19H27N3O2. The van der Waals surface area contributed by atoms with Crippen molar-refractivity contribution < 1.29 is 4.74 Å². The highest BCUT2D eigenvalue weighted by Crippen LogP contribution is 2.17. The number of unbranched alkanes of at least 4 members (excludes halogenated alkanes) is 4. The van der Waals surface area contributed by atoms with E-state index in [1.54, 1.807) is 6.92 Å². The molecule has 0 bridgehead atoms. The number of nitrogens with zero attached hydrogens (tertiary/aromatic N) is 1. The molecule has 0 aliphatic heterocycles. The SMILES string of the molecule is CCCCCCCOc1cccc(Cc2c(C)nc(N)[nH]c2=O)c1. The number of anilines is 1. The van der Waals surface area contributed by atoms with Crippen molar-refractivity contribution in [3.63, 3.8) is 0 Å². The summed E-state index contributed by atoms with van der Waals surface area (Å²) in [5, 5.41) is 0. The van der Waals surface area contributed by atoms with Crippen LogP contribution in [0.4, 0.5) is 5.95 Å². The Labute approximate surface area is 143 Å². The Morgan fingerprint density at radius 1 is 1.21 bits per heavy atom. The maximum Gasteiger partial charge on any atom is 0.256 e. The third-order valence-corrected chi connectivity index (χ3v) is 4.04. The standard InChI is InChI=1S/C19H27N3O2/c1-3-4-5-6-7-11-24-16-10-8-9-15(12-16)13-17-14(2)21-19(20)22-18(17)23/h8-10,12H,3-7,11,13H2,1-2H3,(H3,20,21,22,23). The van der Waals surface area contributed by atoms with Crippen molar-refractivity contribution in [3.05, 3.63) is 51.4 Å². The first-order valence-electron chi connectivity index (χ1n) is 8.67. The first-order chi connectivity index (χ1) is 11.6. The Morgan fingerprint density at radius 2 is 2.00 bits per heavy atom. The van der Waals surface area contributed by atoms with Gasteiger partial charge in [-0.1, -0.05) is 44.7 Å². The minimum atomic E-state index is -0.178. The lowest BCUT2D eigenvalue weighted by atomic mass is 10.0. The van der Waals surface area contributed by atoms with Gasteiger partial charge in [-0.05, 0) is 31.0 Å². The smallest absolute Gasteiger partial charge is 0.256 e. The van der Waals surface area contributed by atoms with Gasteiger partial charge in [0.05, 0.1) is 12.3 Å². The molecule has 0 aliphatic rings. The number of rotatable bonds is 9. The Morgan fingerprint density at radius 3 is 2.75 bits per heavy atom. The van der Waals surface area contributed by atoms with Crippen molar-refractivity contribution >= 4 is 5.95 Å². The van der Waals surface area contributed by atoms with Crippen molar-refractivity contribution in [2.45, 2.75) is 52.4 Å². The second kappa shape index (κ2) is 9.11. The Bertz CT molecular complexity index is 710. The number of nitrogens with two attached hydrogens (primary N) is 1. The van der Waals surface area contributed by atoms with Crippen LogP contribution in [0.5, 0.6) is 5.75 Å². The quantitative estimate of drug-likeness (QED) is 0.689. The summed E-state index contributed by atoms with van der Waals surface area (Å²) in [7, 11) is 0. The third kappa shape index (κ3) is 5.41. The summed E-state index contributed by atoms with van der Waals surface area (Å²) >= 11 is 0. The molecule has 2 aromatic rings. The van der Waals surface area contributed by atoms with E-state index in [-0.39, 0.29) is 11.5 Å². The van der Waals surface area contributed by atoms with E-state index in [9.17, 15) is 4.79 Å². The minimum Gasteiger partial charge on any atom is -0.494 e. The van der Waals surface area contributed by atoms with Crippen LogP contribution in [0.1, 0.15) is 55.8 Å². The van der Waals surface area contributed by atoms with Crippen LogP contribution < -0.4 is 16.0 Å². The summed E-state index contributed by atoms with van der Waals surface area (Å²) < 4.78 is 5.82. The van der Waals surface area contributed by atoms with E-state index >= 15 is 0 Å². The van der Waals surface area contributed by atoms with E-state index in [4.69, 9.17) is 10.5 Å². The fourth-order valence-electron chi connectivity index (χ4n) is 2.69. The number of nitrogen functional groups attached to an aromatic ring is 1. The molecule has 5 heteroatoms. The highest BCUT2D eigenvalue weighted by atomic mass is 16.5. The van der Waals surface area contributed by atoms with Gasteiger partial charge in [0.2, 0.25) is 5.95 Å². The first-order valence-corrected chi connectivity index (χ1v) is 8.67. The zero-order valence-corrected chi connectivity index (χ0v) is 14.6. The lowest BCUT2D eigenvalue weighted by molar-refractivity contribution is 0.304. The predicted molar refractivity (Wildman–Crippen MR) is 97.5 cm³/mol. The van der Waals surface area contributed by atoms with E-state index in [0.29, 0.717) is 17.7 Å². The van der Waals surface area contributed by atoms with Gasteiger partial charge in [0.15, 0.2) is 0 Å². The van der Waals surface area contributed by atoms with Crippen molar-refractivity contribution in [2.24, 2.45) is 0 Å². The summed E-state index contributed by atoms with van der Waals surface area (Å²) in [5.41, 5.74) is 7.71. The second-order valence-corrected chi connectivity index (χ2v) is 6.10. The number of nitrogens with one attached hydrogen (secondary N) is 1. The number of hydrogen-bond acceptors (Lipinski definition) is 4. The normalized spacial score (nSPS) is 10.8. The van der Waals surface area contributed by atoms with Gasteiger partial charge in [-0.25, -0.2) is 4.98 Å². The minimum absolute atomic E-state index is 0.154. The van der Waals surface area contributed by atoms with Crippen LogP contribution in [0.15, 0.2) is 29.1 Å². The molecule has 0 amide bonds. The van der Waals surface area contributed by atoms with E-state index in [0.717, 1.165) is 24.3 Å². The van der Waals surface area contributed by atoms with Crippen molar-refractivity contribution in [1.82, 2.24) is 9.97 Å². The van der Waals surface area contributed by atoms with Crippen LogP contribution in [0, 0.1) is 6.92 Å². The maximum atomic E-state index is 12.0. The zero-order valence-electron chi connectivity index (χ0n) is 14.6. The van der Waals surface area contributed by atoms with Crippen LogP contribution in [-0.4, -0.2) is 16.6 Å². The van der Waals surface area contributed by atoms with Gasteiger partial charge in [-0.3, -0.25) is 9.78 Å². The van der Waals surface area contributed by atoms with Gasteiger partial charge < -0.3 is 10.5 Å². The molecule has 5 nitrogen and oxygen atoms in total. The van der Waals surface area contributed by atoms with E-state index in [1.165, 1.54) is 25.7 Å². The fraction of sp³-hybridized carbons (Fsp3) is 0.474. The molecule has 0 radical (unpaired) electrons. The highest BCUT2D eigenvalue weighted by Gasteiger charge is 2.08. The van der Waals surface area contributed by atoms with E-state index in [1.807, 2.05) is 24.3 Å². The average Bonchev–Trinajstić information content (AvgIpc) is 2.54. The van der Waals surface area contributed by atoms with E-state index in [2.05, 4.69) is 16.9 Å². The highest BCUT2D eigenvalue weighted by molar-refractivity contribution is 5.34. The van der Waals surface area contributed by atoms with Crippen LogP contribution in [0.25, 0.3) is 0 Å². The molecule has 24 heavy (non-hydrogen) atoms. The molecule has 1 heterocycles. The van der Waals surface area contributed by atoms with Crippen molar-refractivity contribution in [2.75, 3.05) is 12.3 Å². The lowest BCUT2D eigenvalue weighted by Crippen LogP contribution is -2.18. The number of aryl methyl sites for hydroxylation is 1. The third-order valence-electron chi connectivity index (χ3n) is 4.04. The average molecular weight is 329 g/mol. The van der Waals surface area contributed by atoms with Crippen LogP contribution in [0.3, 0.4) is 0 Å². The molecule has 2 rings (SSSR count). The number of H-pyrrole nitrogens is 1. The number of benzene rings is 1. The molecule has 1 aromatic carbocycles. The molecule has 0 unspecified atom stereocenters. The lowest BCUT2D eigenvalue weighted by Gasteiger charge is -2.09. The van der Waals surface area contributed by atoms with Crippen LogP contribution >= 0.6 is 0 Å². The fourth-order valence-corrected chi connectivity index (χ4v) is 2.69. The summed E-state index contributed by atoms with van der Waals surface area (Å²) in [6.45, 7) is 4.75. The Balaban J connectivity index is 1.95. The van der Waals surface area contributed by atoms with Gasteiger partial charge in [-0.15, -0.1) is 0 Å². The Kier molecular flexibility index (Phi) is 6.85. The van der Waals surface area contributed by atoms with Gasteiger partial charge in [-0.2, -0.15) is 0 Å². The molecule has 0 aliphatic carbocycles. The van der Waals surface area contributed by atoms with Gasteiger partial charge in [0.25, 0.3) is 5.56 Å². The molecule has 0 saturated heterocycles. The summed E-state index contributed by atoms with van der Waals surface area (Å²) in [6, 6.07) is 7.88. The van der Waals surface area contributed by atoms with Gasteiger partial charge >= 0.3 is 0 Å². The summed E-state index contributed by atoms with van der Waals surface area (Å²) in [4.78, 5) is 18.7. The first kappa shape index (κ1) is 18.0. The topological polar surface area (TPSA) is 81.0 Å². The summed E-state index contributed by atoms with van der Waals surface area (Å²) in [6.07, 6.45) is 6.61. The molecular weight excluding hydrogens is 302 g/mol. The zero-order chi connectivity index (χ0) is 17.4. The van der Waals surface area contributed by atoms with Crippen molar-refractivity contribution in [1.29, 1.82) is 0 Å². The molecule has 0 fully saturated rings. The molecule has 3 N–H and O–H groups in total. The number of ether oxygens (including phenoxy) is 1. The molecule has 130 valence electrons. The number of hydrogen-bond donors (Lipinski definition) is 2. The number of aromatic amines is 1. The Hall–Kier alpha value is -2.30. The van der Waals surface area contributed by atoms with Crippen LogP contribution in [0.2, 0.25) is 0 Å². The maximum absolute atomic E-state index is 12.0. The van der Waals surface area contributed by atoms with Crippen LogP contribution in [-0.2, 0) is 6.42 Å². The largest absolute Gasteiger partial charge is 0.494 e. The van der Waals surface area contributed by atoms with Crippen molar-refractivity contribution in [3.8, 4) is 5.75 Å². The number of aromatic nitrogens is 2. The summed E-state index contributed by atoms with van der Waals surface area (Å²) in [5.74, 6) is 1.00. The van der Waals surface area contributed by atoms with Gasteiger partial charge in [0.1, 0.15) is 5.75 Å². The van der Waals surface area contributed by atoms with E-state index < -0.39 is 0 Å². The molecule has 0 atom stereocenters. The van der Waals surface area contributed by atoms with Gasteiger partial charge in [0, 0.05) is 12.0 Å². The molecule has 1 aromatic heterocycles. The molecule has 0 spiro atoms. The monoisotopic (exact) mass is 329 g/mol. The second-order valence-electron chi connectivity index (χ2n) is 6.10. The molecule has 0 saturated carbocycles. The predicted octanol–water partition coefficient (Wildman–Crippen LogP) is 3.60.